The predicted octanol–water partition coefficient (Wildman–Crippen LogP) is 4.56. The van der Waals surface area contributed by atoms with E-state index in [0.717, 1.165) is 11.0 Å². The summed E-state index contributed by atoms with van der Waals surface area (Å²) in [5, 5.41) is 0.195. The fraction of sp³-hybridized carbons (Fsp3) is 0.238. The number of halogens is 2. The summed E-state index contributed by atoms with van der Waals surface area (Å²) in [6.07, 6.45) is 0. The normalized spacial score (nSPS) is 15.2. The van der Waals surface area contributed by atoms with Crippen LogP contribution < -0.4 is 10.2 Å². The lowest BCUT2D eigenvalue weighted by molar-refractivity contribution is 0.0518. The smallest absolute Gasteiger partial charge is 0.344 e. The van der Waals surface area contributed by atoms with Gasteiger partial charge in [-0.15, -0.1) is 0 Å². The highest BCUT2D eigenvalue weighted by atomic mass is 32.2. The van der Waals surface area contributed by atoms with E-state index in [1.54, 1.807) is 11.5 Å². The Morgan fingerprint density at radius 1 is 1.31 bits per heavy atom. The number of hydrogen-bond donors (Lipinski definition) is 0. The van der Waals surface area contributed by atoms with E-state index >= 15 is 0 Å². The van der Waals surface area contributed by atoms with Crippen LogP contribution in [0.1, 0.15) is 30.2 Å². The van der Waals surface area contributed by atoms with Crippen LogP contribution in [-0.2, 0) is 4.74 Å². The van der Waals surface area contributed by atoms with Gasteiger partial charge in [-0.2, -0.15) is 4.39 Å². The highest BCUT2D eigenvalue weighted by Crippen LogP contribution is 2.41. The molecule has 1 aliphatic rings. The highest BCUT2D eigenvalue weighted by molar-refractivity contribution is 7.99. The molecule has 1 atom stereocenters. The Bertz CT molecular complexity index is 1180. The van der Waals surface area contributed by atoms with Crippen molar-refractivity contribution in [1.82, 2.24) is 4.57 Å². The molecule has 0 amide bonds. The van der Waals surface area contributed by atoms with Gasteiger partial charge >= 0.3 is 5.97 Å². The molecule has 1 aliphatic heterocycles. The molecule has 0 saturated heterocycles. The molecule has 0 fully saturated rings. The van der Waals surface area contributed by atoms with Gasteiger partial charge in [0.15, 0.2) is 11.6 Å². The van der Waals surface area contributed by atoms with Gasteiger partial charge in [-0.25, -0.2) is 9.18 Å². The Kier molecular flexibility index (Phi) is 5.04. The van der Waals surface area contributed by atoms with Gasteiger partial charge in [-0.1, -0.05) is 30.0 Å². The number of ether oxygens (including phenoxy) is 2. The fourth-order valence-electron chi connectivity index (χ4n) is 3.37. The number of aromatic nitrogens is 1. The Morgan fingerprint density at radius 2 is 2.03 bits per heavy atom. The van der Waals surface area contributed by atoms with E-state index in [4.69, 9.17) is 9.47 Å². The van der Waals surface area contributed by atoms with Crippen LogP contribution in [0.2, 0.25) is 0 Å². The van der Waals surface area contributed by atoms with Crippen molar-refractivity contribution in [2.45, 2.75) is 29.8 Å². The van der Waals surface area contributed by atoms with Crippen molar-refractivity contribution >= 4 is 28.6 Å². The predicted molar refractivity (Wildman–Crippen MR) is 105 cm³/mol. The third-order valence-electron chi connectivity index (χ3n) is 4.64. The van der Waals surface area contributed by atoms with E-state index in [-0.39, 0.29) is 41.5 Å². The number of hydrogen-bond acceptors (Lipinski definition) is 5. The molecule has 0 saturated carbocycles. The number of rotatable bonds is 4. The van der Waals surface area contributed by atoms with Crippen LogP contribution in [-0.4, -0.2) is 23.8 Å². The second-order valence-corrected chi connectivity index (χ2v) is 7.63. The number of carbonyl (C=O) groups excluding carboxylic acids is 1. The maximum atomic E-state index is 14.4. The van der Waals surface area contributed by atoms with Crippen LogP contribution >= 0.6 is 11.8 Å². The van der Waals surface area contributed by atoms with Gasteiger partial charge in [-0.3, -0.25) is 4.79 Å². The van der Waals surface area contributed by atoms with Crippen molar-refractivity contribution in [3.05, 3.63) is 63.8 Å². The van der Waals surface area contributed by atoms with Gasteiger partial charge < -0.3 is 14.0 Å². The second-order valence-electron chi connectivity index (χ2n) is 6.57. The van der Waals surface area contributed by atoms with Gasteiger partial charge in [0.2, 0.25) is 11.2 Å². The summed E-state index contributed by atoms with van der Waals surface area (Å²) >= 11 is 1.20. The molecule has 0 N–H and O–H groups in total. The summed E-state index contributed by atoms with van der Waals surface area (Å²) in [5.74, 6) is -3.48. The molecule has 1 unspecified atom stereocenters. The molecule has 150 valence electrons. The third-order valence-corrected chi connectivity index (χ3v) is 5.74. The zero-order valence-electron chi connectivity index (χ0n) is 15.7. The summed E-state index contributed by atoms with van der Waals surface area (Å²) in [7, 11) is 0. The number of carbonyl (C=O) groups is 1. The molecule has 2 aromatic carbocycles. The van der Waals surface area contributed by atoms with Crippen LogP contribution in [0.25, 0.3) is 10.9 Å². The summed E-state index contributed by atoms with van der Waals surface area (Å²) in [4.78, 5) is 26.7. The van der Waals surface area contributed by atoms with E-state index in [1.165, 1.54) is 11.8 Å². The second kappa shape index (κ2) is 7.51. The Morgan fingerprint density at radius 3 is 2.72 bits per heavy atom. The molecule has 2 heterocycles. The van der Waals surface area contributed by atoms with Crippen LogP contribution in [0.15, 0.2) is 51.1 Å². The molecule has 1 aromatic heterocycles. The molecule has 0 radical (unpaired) electrons. The van der Waals surface area contributed by atoms with E-state index in [0.29, 0.717) is 5.03 Å². The van der Waals surface area contributed by atoms with Gasteiger partial charge in [0.1, 0.15) is 12.2 Å². The molecule has 29 heavy (non-hydrogen) atoms. The van der Waals surface area contributed by atoms with Crippen LogP contribution in [0, 0.1) is 11.6 Å². The van der Waals surface area contributed by atoms with E-state index < -0.39 is 23.0 Å². The molecule has 0 spiro atoms. The third kappa shape index (κ3) is 3.17. The Hall–Kier alpha value is -2.87. The van der Waals surface area contributed by atoms with E-state index in [2.05, 4.69) is 0 Å². The summed E-state index contributed by atoms with van der Waals surface area (Å²) in [5.41, 5.74) is -0.774. The zero-order valence-corrected chi connectivity index (χ0v) is 16.5. The maximum absolute atomic E-state index is 14.4. The lowest BCUT2D eigenvalue weighted by Crippen LogP contribution is -2.30. The molecule has 0 bridgehead atoms. The highest BCUT2D eigenvalue weighted by Gasteiger charge is 2.33. The van der Waals surface area contributed by atoms with Gasteiger partial charge in [0, 0.05) is 4.90 Å². The van der Waals surface area contributed by atoms with Crippen LogP contribution in [0.4, 0.5) is 8.78 Å². The molecule has 0 aliphatic carbocycles. The molecule has 5 nitrogen and oxygen atoms in total. The van der Waals surface area contributed by atoms with Gasteiger partial charge in [0.05, 0.1) is 28.6 Å². The summed E-state index contributed by atoms with van der Waals surface area (Å²) < 4.78 is 40.8. The largest absolute Gasteiger partial charge is 0.486 e. The zero-order chi connectivity index (χ0) is 20.7. The monoisotopic (exact) mass is 417 g/mol. The first-order valence-electron chi connectivity index (χ1n) is 9.07. The van der Waals surface area contributed by atoms with Gasteiger partial charge in [-0.05, 0) is 32.0 Å². The maximum Gasteiger partial charge on any atom is 0.344 e. The number of benzene rings is 2. The minimum atomic E-state index is -1.20. The lowest BCUT2D eigenvalue weighted by atomic mass is 10.1. The molecule has 3 aromatic rings. The van der Waals surface area contributed by atoms with Crippen LogP contribution in [0.5, 0.6) is 5.75 Å². The summed E-state index contributed by atoms with van der Waals surface area (Å²) in [6.45, 7) is 3.59. The Labute approximate surface area is 169 Å². The number of esters is 1. The molecular formula is C21H17F2NO4S. The van der Waals surface area contributed by atoms with E-state index in [1.807, 2.05) is 37.3 Å². The topological polar surface area (TPSA) is 57.5 Å². The first-order chi connectivity index (χ1) is 13.9. The first kappa shape index (κ1) is 19.4. The average molecular weight is 417 g/mol. The van der Waals surface area contributed by atoms with Crippen molar-refractivity contribution in [2.24, 2.45) is 0 Å². The Balaban J connectivity index is 2.13. The average Bonchev–Trinajstić information content (AvgIpc) is 2.70. The van der Waals surface area contributed by atoms with Gasteiger partial charge in [0.25, 0.3) is 0 Å². The number of nitrogens with zero attached hydrogens (tertiary/aromatic N) is 1. The van der Waals surface area contributed by atoms with Crippen molar-refractivity contribution in [1.29, 1.82) is 0 Å². The quantitative estimate of drug-likeness (QED) is 0.583. The summed E-state index contributed by atoms with van der Waals surface area (Å²) in [6, 6.07) is 9.65. The molecular weight excluding hydrogens is 400 g/mol. The first-order valence-corrected chi connectivity index (χ1v) is 9.88. The van der Waals surface area contributed by atoms with Crippen molar-refractivity contribution < 1.29 is 23.0 Å². The van der Waals surface area contributed by atoms with Crippen molar-refractivity contribution in [3.8, 4) is 5.75 Å². The lowest BCUT2D eigenvalue weighted by Gasteiger charge is -2.30. The minimum Gasteiger partial charge on any atom is -0.486 e. The minimum absolute atomic E-state index is 0.0654. The SMILES string of the molecule is CCOC(=O)c1c(Sc2ccccc2)n2c3c(c(F)c(F)cc3c1=O)OCC2C. The number of pyridine rings is 1. The van der Waals surface area contributed by atoms with E-state index in [9.17, 15) is 18.4 Å². The fourth-order valence-corrected chi connectivity index (χ4v) is 4.54. The van der Waals surface area contributed by atoms with Crippen molar-refractivity contribution in [3.63, 3.8) is 0 Å². The molecule has 8 heteroatoms. The standard InChI is InChI=1S/C21H17F2NO4S/c1-3-27-21(26)15-18(25)13-9-14(22)16(23)19-17(13)24(11(2)10-28-19)20(15)29-12-7-5-4-6-8-12/h4-9,11H,3,10H2,1-2H3. The van der Waals surface area contributed by atoms with Crippen molar-refractivity contribution in [2.75, 3.05) is 13.2 Å². The van der Waals surface area contributed by atoms with Crippen LogP contribution in [0.3, 0.4) is 0 Å². The molecule has 4 rings (SSSR count).